The second-order valence-electron chi connectivity index (χ2n) is 5.35. The van der Waals surface area contributed by atoms with E-state index in [9.17, 15) is 13.2 Å². The Morgan fingerprint density at radius 1 is 1.24 bits per heavy atom. The van der Waals surface area contributed by atoms with E-state index < -0.39 is 16.1 Å². The number of rotatable bonds is 4. The molecule has 0 bridgehead atoms. The van der Waals surface area contributed by atoms with Crippen LogP contribution in [0.15, 0.2) is 33.6 Å². The predicted octanol–water partition coefficient (Wildman–Crippen LogP) is 1.82. The lowest BCUT2D eigenvalue weighted by Gasteiger charge is -2.31. The zero-order valence-electron chi connectivity index (χ0n) is 11.4. The third kappa shape index (κ3) is 3.21. The zero-order valence-corrected chi connectivity index (χ0v) is 13.8. The number of carbonyl (C=O) groups is 1. The summed E-state index contributed by atoms with van der Waals surface area (Å²) in [5, 5.41) is 0. The van der Waals surface area contributed by atoms with Gasteiger partial charge in [0, 0.05) is 23.5 Å². The van der Waals surface area contributed by atoms with Gasteiger partial charge in [-0.1, -0.05) is 15.9 Å². The average Bonchev–Trinajstić information content (AvgIpc) is 3.32. The fourth-order valence-corrected chi connectivity index (χ4v) is 4.09. The van der Waals surface area contributed by atoms with Crippen LogP contribution in [0.1, 0.15) is 12.8 Å². The summed E-state index contributed by atoms with van der Waals surface area (Å²) in [4.78, 5) is 12.3. The topological polar surface area (TPSA) is 63.7 Å². The average molecular weight is 374 g/mol. The van der Waals surface area contributed by atoms with Gasteiger partial charge in [-0.2, -0.15) is 4.31 Å². The molecule has 0 N–H and O–H groups in total. The molecule has 0 amide bonds. The van der Waals surface area contributed by atoms with Crippen molar-refractivity contribution in [2.45, 2.75) is 23.8 Å². The molecule has 1 saturated carbocycles. The van der Waals surface area contributed by atoms with Crippen LogP contribution in [0.3, 0.4) is 0 Å². The minimum Gasteiger partial charge on any atom is -0.368 e. The Labute approximate surface area is 132 Å². The number of Topliss-reactive ketones (excluding diaryl/α,β-unsaturated/α-hetero) is 1. The van der Waals surface area contributed by atoms with Crippen molar-refractivity contribution >= 4 is 31.7 Å². The Balaban J connectivity index is 1.78. The second-order valence-corrected chi connectivity index (χ2v) is 8.21. The van der Waals surface area contributed by atoms with Gasteiger partial charge in [-0.25, -0.2) is 8.42 Å². The highest BCUT2D eigenvalue weighted by atomic mass is 79.9. The fourth-order valence-electron chi connectivity index (χ4n) is 2.40. The first-order valence-electron chi connectivity index (χ1n) is 6.89. The lowest BCUT2D eigenvalue weighted by atomic mass is 10.1. The molecule has 114 valence electrons. The van der Waals surface area contributed by atoms with E-state index in [1.54, 1.807) is 24.3 Å². The first-order valence-corrected chi connectivity index (χ1v) is 9.13. The maximum atomic E-state index is 12.6. The van der Waals surface area contributed by atoms with Crippen LogP contribution in [0.2, 0.25) is 0 Å². The summed E-state index contributed by atoms with van der Waals surface area (Å²) in [6.45, 7) is 0.666. The normalized spacial score (nSPS) is 24.0. The summed E-state index contributed by atoms with van der Waals surface area (Å²) in [7, 11) is -3.57. The van der Waals surface area contributed by atoms with Crippen LogP contribution < -0.4 is 0 Å². The Morgan fingerprint density at radius 3 is 2.52 bits per heavy atom. The third-order valence-electron chi connectivity index (χ3n) is 3.78. The van der Waals surface area contributed by atoms with E-state index in [0.29, 0.717) is 0 Å². The van der Waals surface area contributed by atoms with Crippen LogP contribution in [-0.4, -0.2) is 44.3 Å². The molecule has 2 fully saturated rings. The van der Waals surface area contributed by atoms with Crippen molar-refractivity contribution in [1.29, 1.82) is 0 Å². The van der Waals surface area contributed by atoms with Crippen LogP contribution in [-0.2, 0) is 19.6 Å². The molecule has 0 aromatic heterocycles. The number of hydrogen-bond acceptors (Lipinski definition) is 4. The predicted molar refractivity (Wildman–Crippen MR) is 80.4 cm³/mol. The van der Waals surface area contributed by atoms with Crippen LogP contribution >= 0.6 is 15.9 Å². The molecule has 1 atom stereocenters. The van der Waals surface area contributed by atoms with Gasteiger partial charge in [-0.3, -0.25) is 4.79 Å². The highest BCUT2D eigenvalue weighted by molar-refractivity contribution is 9.10. The van der Waals surface area contributed by atoms with Gasteiger partial charge in [0.25, 0.3) is 0 Å². The van der Waals surface area contributed by atoms with E-state index in [1.165, 1.54) is 4.31 Å². The Hall–Kier alpha value is -0.760. The molecule has 3 rings (SSSR count). The maximum absolute atomic E-state index is 12.6. The van der Waals surface area contributed by atoms with Crippen molar-refractivity contribution in [1.82, 2.24) is 4.31 Å². The van der Waals surface area contributed by atoms with Crippen LogP contribution in [0.4, 0.5) is 0 Å². The van der Waals surface area contributed by atoms with E-state index in [0.717, 1.165) is 17.3 Å². The quantitative estimate of drug-likeness (QED) is 0.807. The fraction of sp³-hybridized carbons (Fsp3) is 0.500. The lowest BCUT2D eigenvalue weighted by Crippen LogP contribution is -2.48. The molecule has 0 spiro atoms. The van der Waals surface area contributed by atoms with Crippen molar-refractivity contribution in [3.63, 3.8) is 0 Å². The highest BCUT2D eigenvalue weighted by Crippen LogP contribution is 2.32. The van der Waals surface area contributed by atoms with Gasteiger partial charge in [-0.15, -0.1) is 0 Å². The third-order valence-corrected chi connectivity index (χ3v) is 6.19. The van der Waals surface area contributed by atoms with E-state index in [4.69, 9.17) is 4.74 Å². The molecule has 1 saturated heterocycles. The van der Waals surface area contributed by atoms with Gasteiger partial charge in [0.1, 0.15) is 6.10 Å². The summed E-state index contributed by atoms with van der Waals surface area (Å²) in [5.41, 5.74) is 0. The maximum Gasteiger partial charge on any atom is 0.243 e. The largest absolute Gasteiger partial charge is 0.368 e. The van der Waals surface area contributed by atoms with Gasteiger partial charge in [0.15, 0.2) is 5.78 Å². The van der Waals surface area contributed by atoms with Crippen molar-refractivity contribution < 1.29 is 17.9 Å². The first kappa shape index (κ1) is 15.1. The summed E-state index contributed by atoms with van der Waals surface area (Å²) < 4.78 is 32.8. The van der Waals surface area contributed by atoms with Crippen LogP contribution in [0, 0.1) is 5.92 Å². The van der Waals surface area contributed by atoms with Crippen LogP contribution in [0.25, 0.3) is 0 Å². The molecule has 1 heterocycles. The van der Waals surface area contributed by atoms with E-state index in [2.05, 4.69) is 15.9 Å². The lowest BCUT2D eigenvalue weighted by molar-refractivity contribution is -0.135. The standard InChI is InChI=1S/C14H16BrNO4S/c15-11-3-5-12(6-4-11)21(18,19)16-7-8-20-13(9-16)14(17)10-1-2-10/h3-6,10,13H,1-2,7-9H2. The second kappa shape index (κ2) is 5.79. The number of ketones is 1. The van der Waals surface area contributed by atoms with Gasteiger partial charge >= 0.3 is 0 Å². The van der Waals surface area contributed by atoms with Crippen molar-refractivity contribution in [3.05, 3.63) is 28.7 Å². The molecule has 2 aliphatic rings. The number of carbonyl (C=O) groups excluding carboxylic acids is 1. The van der Waals surface area contributed by atoms with Gasteiger partial charge in [0.2, 0.25) is 10.0 Å². The minimum atomic E-state index is -3.57. The molecule has 1 aliphatic heterocycles. The number of halogens is 1. The van der Waals surface area contributed by atoms with Gasteiger partial charge in [0.05, 0.1) is 11.5 Å². The number of nitrogens with zero attached hydrogens (tertiary/aromatic N) is 1. The molecule has 21 heavy (non-hydrogen) atoms. The van der Waals surface area contributed by atoms with Crippen molar-refractivity contribution in [2.75, 3.05) is 19.7 Å². The summed E-state index contributed by atoms with van der Waals surface area (Å²) in [6, 6.07) is 6.51. The zero-order chi connectivity index (χ0) is 15.0. The SMILES string of the molecule is O=C(C1CC1)C1CN(S(=O)(=O)c2ccc(Br)cc2)CCO1. The smallest absolute Gasteiger partial charge is 0.243 e. The van der Waals surface area contributed by atoms with Gasteiger partial charge < -0.3 is 4.74 Å². The number of hydrogen-bond donors (Lipinski definition) is 0. The molecule has 7 heteroatoms. The van der Waals surface area contributed by atoms with Gasteiger partial charge in [-0.05, 0) is 37.1 Å². The monoisotopic (exact) mass is 373 g/mol. The highest BCUT2D eigenvalue weighted by Gasteiger charge is 2.40. The van der Waals surface area contributed by atoms with Crippen molar-refractivity contribution in [2.24, 2.45) is 5.92 Å². The summed E-state index contributed by atoms with van der Waals surface area (Å²) in [5.74, 6) is 0.121. The minimum absolute atomic E-state index is 0.0470. The number of ether oxygens (including phenoxy) is 1. The van der Waals surface area contributed by atoms with E-state index >= 15 is 0 Å². The molecule has 1 unspecified atom stereocenters. The Morgan fingerprint density at radius 2 is 1.90 bits per heavy atom. The number of morpholine rings is 1. The van der Waals surface area contributed by atoms with Crippen molar-refractivity contribution in [3.8, 4) is 0 Å². The molecule has 1 aromatic carbocycles. The number of sulfonamides is 1. The molecule has 0 radical (unpaired) electrons. The first-order chi connectivity index (χ1) is 9.98. The number of benzene rings is 1. The van der Waals surface area contributed by atoms with E-state index in [-0.39, 0.29) is 36.3 Å². The summed E-state index contributed by atoms with van der Waals surface area (Å²) >= 11 is 3.29. The molecule has 1 aliphatic carbocycles. The molecular weight excluding hydrogens is 358 g/mol. The van der Waals surface area contributed by atoms with E-state index in [1.807, 2.05) is 0 Å². The molecular formula is C14H16BrNO4S. The Kier molecular flexibility index (Phi) is 4.18. The van der Waals surface area contributed by atoms with Crippen LogP contribution in [0.5, 0.6) is 0 Å². The Bertz CT molecular complexity index is 639. The molecule has 5 nitrogen and oxygen atoms in total. The molecule has 1 aromatic rings. The summed E-state index contributed by atoms with van der Waals surface area (Å²) in [6.07, 6.45) is 1.19.